The number of hydrogen-bond acceptors (Lipinski definition) is 5. The number of carbonyl (C=O) groups is 1. The number of nitrogens with zero attached hydrogens (tertiary/aromatic N) is 3. The SMILES string of the molecule is CC(C)(C)OC(=O)CC#N.N#CCc1ccc(C(F)(F)F)cn1. The third-order valence-corrected chi connectivity index (χ3v) is 2.06. The average Bonchev–Trinajstić information content (AvgIpc) is 2.37. The molecule has 0 aromatic carbocycles. The van der Waals surface area contributed by atoms with E-state index in [1.165, 1.54) is 6.07 Å². The van der Waals surface area contributed by atoms with E-state index in [1.54, 1.807) is 32.9 Å². The van der Waals surface area contributed by atoms with Gasteiger partial charge in [-0.1, -0.05) is 0 Å². The van der Waals surface area contributed by atoms with Crippen LogP contribution in [0.25, 0.3) is 0 Å². The second-order valence-electron chi connectivity index (χ2n) is 5.29. The number of pyridine rings is 1. The molecule has 1 aromatic heterocycles. The van der Waals surface area contributed by atoms with Crippen LogP contribution in [-0.2, 0) is 22.1 Å². The minimum atomic E-state index is -4.36. The molecule has 124 valence electrons. The number of aromatic nitrogens is 1. The Bertz CT molecular complexity index is 591. The molecule has 0 amide bonds. The standard InChI is InChI=1S/C8H5F3N2.C7H11NO2/c9-8(10,11)6-1-2-7(3-4-12)13-5-6;1-7(2,3)10-6(9)4-5-8/h1-2,5H,3H2;4H2,1-3H3. The number of hydrogen-bond donors (Lipinski definition) is 0. The monoisotopic (exact) mass is 327 g/mol. The second-order valence-corrected chi connectivity index (χ2v) is 5.29. The van der Waals surface area contributed by atoms with Gasteiger partial charge in [0.2, 0.25) is 0 Å². The van der Waals surface area contributed by atoms with Crippen molar-refractivity contribution in [3.63, 3.8) is 0 Å². The first-order chi connectivity index (χ1) is 10.5. The summed E-state index contributed by atoms with van der Waals surface area (Å²) >= 11 is 0. The summed E-state index contributed by atoms with van der Waals surface area (Å²) in [7, 11) is 0. The minimum Gasteiger partial charge on any atom is -0.459 e. The second kappa shape index (κ2) is 8.74. The fourth-order valence-electron chi connectivity index (χ4n) is 1.22. The highest BCUT2D eigenvalue weighted by Gasteiger charge is 2.30. The van der Waals surface area contributed by atoms with Crippen molar-refractivity contribution in [1.29, 1.82) is 10.5 Å². The normalized spacial score (nSPS) is 10.6. The van der Waals surface area contributed by atoms with Crippen molar-refractivity contribution in [3.8, 4) is 12.1 Å². The fraction of sp³-hybridized carbons (Fsp3) is 0.467. The molecule has 0 saturated carbocycles. The van der Waals surface area contributed by atoms with Gasteiger partial charge in [0, 0.05) is 6.20 Å². The molecule has 0 radical (unpaired) electrons. The molecule has 0 bridgehead atoms. The molecule has 0 aliphatic carbocycles. The number of rotatable bonds is 2. The molecular formula is C15H16F3N3O2. The van der Waals surface area contributed by atoms with Crippen LogP contribution in [0.2, 0.25) is 0 Å². The lowest BCUT2D eigenvalue weighted by Gasteiger charge is -2.18. The number of ether oxygens (including phenoxy) is 1. The van der Waals surface area contributed by atoms with Crippen LogP contribution in [0.5, 0.6) is 0 Å². The highest BCUT2D eigenvalue weighted by atomic mass is 19.4. The van der Waals surface area contributed by atoms with Gasteiger partial charge in [0.15, 0.2) is 0 Å². The number of nitriles is 2. The minimum absolute atomic E-state index is 0.0259. The zero-order chi connectivity index (χ0) is 18.1. The van der Waals surface area contributed by atoms with Gasteiger partial charge in [-0.15, -0.1) is 0 Å². The Hall–Kier alpha value is -2.61. The third-order valence-electron chi connectivity index (χ3n) is 2.06. The third kappa shape index (κ3) is 9.86. The maximum absolute atomic E-state index is 12.0. The zero-order valence-electron chi connectivity index (χ0n) is 12.9. The Morgan fingerprint density at radius 3 is 2.17 bits per heavy atom. The highest BCUT2D eigenvalue weighted by Crippen LogP contribution is 2.28. The van der Waals surface area contributed by atoms with Crippen molar-refractivity contribution in [1.82, 2.24) is 4.98 Å². The van der Waals surface area contributed by atoms with Crippen LogP contribution in [-0.4, -0.2) is 16.6 Å². The van der Waals surface area contributed by atoms with E-state index in [0.29, 0.717) is 5.69 Å². The summed E-state index contributed by atoms with van der Waals surface area (Å²) < 4.78 is 40.8. The van der Waals surface area contributed by atoms with Crippen LogP contribution in [0.1, 0.15) is 38.4 Å². The van der Waals surface area contributed by atoms with E-state index in [4.69, 9.17) is 15.3 Å². The van der Waals surface area contributed by atoms with E-state index in [0.717, 1.165) is 12.3 Å². The van der Waals surface area contributed by atoms with Crippen LogP contribution in [0.15, 0.2) is 18.3 Å². The van der Waals surface area contributed by atoms with Crippen molar-refractivity contribution in [2.75, 3.05) is 0 Å². The van der Waals surface area contributed by atoms with Crippen molar-refractivity contribution in [2.45, 2.75) is 45.4 Å². The van der Waals surface area contributed by atoms with Gasteiger partial charge in [0.05, 0.1) is 29.8 Å². The smallest absolute Gasteiger partial charge is 0.417 e. The van der Waals surface area contributed by atoms with E-state index >= 15 is 0 Å². The quantitative estimate of drug-likeness (QED) is 0.777. The molecule has 0 N–H and O–H groups in total. The molecule has 8 heteroatoms. The highest BCUT2D eigenvalue weighted by molar-refractivity contribution is 5.72. The number of esters is 1. The number of carbonyl (C=O) groups excluding carboxylic acids is 1. The zero-order valence-corrected chi connectivity index (χ0v) is 12.9. The molecular weight excluding hydrogens is 311 g/mol. The van der Waals surface area contributed by atoms with Crippen LogP contribution >= 0.6 is 0 Å². The summed E-state index contributed by atoms with van der Waals surface area (Å²) in [5.41, 5.74) is -0.932. The van der Waals surface area contributed by atoms with E-state index in [1.807, 2.05) is 0 Å². The Balaban J connectivity index is 0.000000438. The van der Waals surface area contributed by atoms with Crippen LogP contribution in [0.3, 0.4) is 0 Å². The molecule has 1 rings (SSSR count). The van der Waals surface area contributed by atoms with E-state index in [9.17, 15) is 18.0 Å². The Labute approximate surface area is 132 Å². The summed E-state index contributed by atoms with van der Waals surface area (Å²) in [6.45, 7) is 5.30. The predicted octanol–water partition coefficient (Wildman–Crippen LogP) is 3.41. The lowest BCUT2D eigenvalue weighted by Crippen LogP contribution is -2.23. The summed E-state index contributed by atoms with van der Waals surface area (Å²) in [4.78, 5) is 14.1. The van der Waals surface area contributed by atoms with Gasteiger partial charge >= 0.3 is 12.1 Å². The number of halogens is 3. The lowest BCUT2D eigenvalue weighted by molar-refractivity contribution is -0.153. The summed E-state index contributed by atoms with van der Waals surface area (Å²) in [6.07, 6.45) is -3.78. The first kappa shape index (κ1) is 20.4. The van der Waals surface area contributed by atoms with Gasteiger partial charge in [0.25, 0.3) is 0 Å². The van der Waals surface area contributed by atoms with Crippen molar-refractivity contribution in [3.05, 3.63) is 29.6 Å². The molecule has 0 aliphatic rings. The van der Waals surface area contributed by atoms with Gasteiger partial charge in [-0.3, -0.25) is 9.78 Å². The molecule has 1 aromatic rings. The Kier molecular flexibility index (Phi) is 7.75. The average molecular weight is 327 g/mol. The molecule has 1 heterocycles. The Morgan fingerprint density at radius 1 is 1.22 bits per heavy atom. The van der Waals surface area contributed by atoms with Crippen molar-refractivity contribution < 1.29 is 22.7 Å². The Morgan fingerprint density at radius 2 is 1.83 bits per heavy atom. The van der Waals surface area contributed by atoms with Crippen LogP contribution in [0.4, 0.5) is 13.2 Å². The van der Waals surface area contributed by atoms with Crippen molar-refractivity contribution in [2.24, 2.45) is 0 Å². The maximum Gasteiger partial charge on any atom is 0.417 e. The van der Waals surface area contributed by atoms with E-state index in [2.05, 4.69) is 4.98 Å². The predicted molar refractivity (Wildman–Crippen MR) is 74.6 cm³/mol. The molecule has 0 saturated heterocycles. The molecule has 0 aliphatic heterocycles. The van der Waals surface area contributed by atoms with Crippen molar-refractivity contribution >= 4 is 5.97 Å². The molecule has 23 heavy (non-hydrogen) atoms. The fourth-order valence-corrected chi connectivity index (χ4v) is 1.22. The van der Waals surface area contributed by atoms with Gasteiger partial charge in [-0.05, 0) is 32.9 Å². The van der Waals surface area contributed by atoms with Gasteiger partial charge in [0.1, 0.15) is 12.0 Å². The molecule has 0 fully saturated rings. The van der Waals surface area contributed by atoms with E-state index in [-0.39, 0.29) is 12.8 Å². The van der Waals surface area contributed by atoms with Crippen LogP contribution in [0, 0.1) is 22.7 Å². The molecule has 0 unspecified atom stereocenters. The number of alkyl halides is 3. The topological polar surface area (TPSA) is 86.8 Å². The molecule has 0 spiro atoms. The molecule has 5 nitrogen and oxygen atoms in total. The van der Waals surface area contributed by atoms with Crippen LogP contribution < -0.4 is 0 Å². The first-order valence-corrected chi connectivity index (χ1v) is 6.47. The first-order valence-electron chi connectivity index (χ1n) is 6.47. The largest absolute Gasteiger partial charge is 0.459 e. The summed E-state index contributed by atoms with van der Waals surface area (Å²) in [6, 6.07) is 5.63. The summed E-state index contributed by atoms with van der Waals surface area (Å²) in [5, 5.41) is 16.3. The van der Waals surface area contributed by atoms with E-state index < -0.39 is 23.3 Å². The van der Waals surface area contributed by atoms with Gasteiger partial charge in [-0.2, -0.15) is 23.7 Å². The molecule has 0 atom stereocenters. The summed E-state index contributed by atoms with van der Waals surface area (Å²) in [5.74, 6) is -0.463. The van der Waals surface area contributed by atoms with Gasteiger partial charge in [-0.25, -0.2) is 0 Å². The lowest BCUT2D eigenvalue weighted by atomic mass is 10.2. The van der Waals surface area contributed by atoms with Gasteiger partial charge < -0.3 is 4.74 Å². The maximum atomic E-state index is 12.0.